The quantitative estimate of drug-likeness (QED) is 0.911. The molecule has 1 fully saturated rings. The van der Waals surface area contributed by atoms with Gasteiger partial charge in [-0.3, -0.25) is 4.79 Å². The van der Waals surface area contributed by atoms with Crippen LogP contribution in [0.4, 0.5) is 0 Å². The van der Waals surface area contributed by atoms with Crippen LogP contribution in [0.25, 0.3) is 0 Å². The van der Waals surface area contributed by atoms with E-state index in [4.69, 9.17) is 0 Å². The van der Waals surface area contributed by atoms with E-state index in [2.05, 4.69) is 12.1 Å². The Kier molecular flexibility index (Phi) is 4.47. The summed E-state index contributed by atoms with van der Waals surface area (Å²) >= 11 is 0. The van der Waals surface area contributed by atoms with Gasteiger partial charge in [0.15, 0.2) is 0 Å². The van der Waals surface area contributed by atoms with Gasteiger partial charge >= 0.3 is 5.97 Å². The molecule has 1 saturated heterocycles. The minimum atomic E-state index is -3.43. The lowest BCUT2D eigenvalue weighted by Gasteiger charge is -2.36. The highest BCUT2D eigenvalue weighted by Crippen LogP contribution is 2.30. The van der Waals surface area contributed by atoms with Gasteiger partial charge in [0.05, 0.1) is 11.7 Å². The van der Waals surface area contributed by atoms with E-state index in [0.717, 1.165) is 12.8 Å². The maximum absolute atomic E-state index is 12.8. The molecule has 1 heterocycles. The predicted octanol–water partition coefficient (Wildman–Crippen LogP) is 1.92. The number of carbonyl (C=O) groups is 1. The number of rotatable bonds is 4. The molecule has 0 spiro atoms. The number of fused-ring (bicyclic) bond motifs is 1. The second-order valence-electron chi connectivity index (χ2n) is 6.85. The molecular formula is C17H23NO4S. The molecule has 23 heavy (non-hydrogen) atoms. The van der Waals surface area contributed by atoms with Gasteiger partial charge in [0, 0.05) is 12.6 Å². The monoisotopic (exact) mass is 337 g/mol. The topological polar surface area (TPSA) is 74.7 Å². The van der Waals surface area contributed by atoms with E-state index in [9.17, 15) is 18.3 Å². The fraction of sp³-hybridized carbons (Fsp3) is 0.588. The SMILES string of the molecule is CC1CCC(C(=O)O)CN1S(=O)(=O)CC1Cc2ccccc2C1. The van der Waals surface area contributed by atoms with E-state index in [0.29, 0.717) is 12.8 Å². The minimum absolute atomic E-state index is 0.0924. The van der Waals surface area contributed by atoms with Crippen molar-refractivity contribution in [3.05, 3.63) is 35.4 Å². The van der Waals surface area contributed by atoms with Gasteiger partial charge in [0.2, 0.25) is 10.0 Å². The summed E-state index contributed by atoms with van der Waals surface area (Å²) in [6.07, 6.45) is 2.75. The van der Waals surface area contributed by atoms with E-state index < -0.39 is 21.9 Å². The summed E-state index contributed by atoms with van der Waals surface area (Å²) < 4.78 is 27.0. The molecule has 2 aliphatic rings. The highest BCUT2D eigenvalue weighted by atomic mass is 32.2. The molecule has 2 atom stereocenters. The highest BCUT2D eigenvalue weighted by molar-refractivity contribution is 7.89. The van der Waals surface area contributed by atoms with Crippen molar-refractivity contribution in [1.82, 2.24) is 4.31 Å². The third-order valence-electron chi connectivity index (χ3n) is 5.11. The molecule has 5 nitrogen and oxygen atoms in total. The predicted molar refractivity (Wildman–Crippen MR) is 87.7 cm³/mol. The van der Waals surface area contributed by atoms with Gasteiger partial charge in [-0.2, -0.15) is 4.31 Å². The van der Waals surface area contributed by atoms with Crippen LogP contribution in [0.15, 0.2) is 24.3 Å². The smallest absolute Gasteiger partial charge is 0.307 e. The molecular weight excluding hydrogens is 314 g/mol. The summed E-state index contributed by atoms with van der Waals surface area (Å²) in [5.41, 5.74) is 2.48. The lowest BCUT2D eigenvalue weighted by molar-refractivity contribution is -0.143. The first-order chi connectivity index (χ1) is 10.9. The molecule has 1 aromatic carbocycles. The zero-order chi connectivity index (χ0) is 16.6. The van der Waals surface area contributed by atoms with Crippen LogP contribution < -0.4 is 0 Å². The van der Waals surface area contributed by atoms with E-state index in [1.165, 1.54) is 15.4 Å². The Bertz CT molecular complexity index is 675. The molecule has 126 valence electrons. The molecule has 1 aliphatic carbocycles. The van der Waals surface area contributed by atoms with Crippen molar-refractivity contribution in [2.45, 2.75) is 38.6 Å². The first-order valence-electron chi connectivity index (χ1n) is 8.16. The first-order valence-corrected chi connectivity index (χ1v) is 9.77. The van der Waals surface area contributed by atoms with Crippen LogP contribution in [-0.2, 0) is 27.7 Å². The van der Waals surface area contributed by atoms with Crippen molar-refractivity contribution in [3.8, 4) is 0 Å². The Morgan fingerprint density at radius 1 is 1.22 bits per heavy atom. The van der Waals surface area contributed by atoms with Crippen molar-refractivity contribution in [1.29, 1.82) is 0 Å². The van der Waals surface area contributed by atoms with Crippen LogP contribution in [0, 0.1) is 11.8 Å². The van der Waals surface area contributed by atoms with Gasteiger partial charge in [0.25, 0.3) is 0 Å². The second kappa shape index (κ2) is 6.24. The van der Waals surface area contributed by atoms with Crippen molar-refractivity contribution in [3.63, 3.8) is 0 Å². The minimum Gasteiger partial charge on any atom is -0.481 e. The summed E-state index contributed by atoms with van der Waals surface area (Å²) in [5, 5.41) is 9.19. The average molecular weight is 337 g/mol. The Morgan fingerprint density at radius 3 is 2.39 bits per heavy atom. The number of nitrogens with zero attached hydrogens (tertiary/aromatic N) is 1. The van der Waals surface area contributed by atoms with Crippen LogP contribution in [-0.4, -0.2) is 42.1 Å². The molecule has 0 saturated carbocycles. The van der Waals surface area contributed by atoms with Crippen LogP contribution in [0.5, 0.6) is 0 Å². The number of piperidine rings is 1. The summed E-state index contributed by atoms with van der Waals surface area (Å²) in [6.45, 7) is 1.98. The van der Waals surface area contributed by atoms with Crippen LogP contribution >= 0.6 is 0 Å². The second-order valence-corrected chi connectivity index (χ2v) is 8.82. The molecule has 0 aromatic heterocycles. The van der Waals surface area contributed by atoms with Crippen molar-refractivity contribution in [2.24, 2.45) is 11.8 Å². The molecule has 1 aromatic rings. The molecule has 0 radical (unpaired) electrons. The normalized spacial score (nSPS) is 26.1. The van der Waals surface area contributed by atoms with Gasteiger partial charge in [-0.05, 0) is 49.7 Å². The molecule has 0 amide bonds. The van der Waals surface area contributed by atoms with Crippen molar-refractivity contribution in [2.75, 3.05) is 12.3 Å². The van der Waals surface area contributed by atoms with Crippen LogP contribution in [0.2, 0.25) is 0 Å². The van der Waals surface area contributed by atoms with Crippen molar-refractivity contribution >= 4 is 16.0 Å². The molecule has 6 heteroatoms. The van der Waals surface area contributed by atoms with E-state index in [1.807, 2.05) is 19.1 Å². The molecule has 2 unspecified atom stereocenters. The lowest BCUT2D eigenvalue weighted by Crippen LogP contribution is -2.48. The zero-order valence-electron chi connectivity index (χ0n) is 13.3. The Hall–Kier alpha value is -1.40. The number of hydrogen-bond acceptors (Lipinski definition) is 3. The van der Waals surface area contributed by atoms with Gasteiger partial charge in [-0.1, -0.05) is 24.3 Å². The lowest BCUT2D eigenvalue weighted by atomic mass is 9.96. The zero-order valence-corrected chi connectivity index (χ0v) is 14.1. The first kappa shape index (κ1) is 16.5. The number of benzene rings is 1. The van der Waals surface area contributed by atoms with Crippen molar-refractivity contribution < 1.29 is 18.3 Å². The van der Waals surface area contributed by atoms with Crippen LogP contribution in [0.1, 0.15) is 30.9 Å². The van der Waals surface area contributed by atoms with Crippen LogP contribution in [0.3, 0.4) is 0 Å². The Morgan fingerprint density at radius 2 is 1.83 bits per heavy atom. The number of hydrogen-bond donors (Lipinski definition) is 1. The fourth-order valence-electron chi connectivity index (χ4n) is 3.83. The number of sulfonamides is 1. The van der Waals surface area contributed by atoms with Gasteiger partial charge in [-0.15, -0.1) is 0 Å². The summed E-state index contributed by atoms with van der Waals surface area (Å²) in [5.74, 6) is -1.28. The maximum Gasteiger partial charge on any atom is 0.307 e. The third kappa shape index (κ3) is 3.43. The average Bonchev–Trinajstić information content (AvgIpc) is 2.88. The van der Waals surface area contributed by atoms with Gasteiger partial charge in [-0.25, -0.2) is 8.42 Å². The molecule has 3 rings (SSSR count). The molecule has 1 aliphatic heterocycles. The van der Waals surface area contributed by atoms with Gasteiger partial charge < -0.3 is 5.11 Å². The van der Waals surface area contributed by atoms with Gasteiger partial charge in [0.1, 0.15) is 0 Å². The number of carboxylic acids is 1. The standard InChI is InChI=1S/C17H23NO4S/c1-12-6-7-16(17(19)20)10-18(12)23(21,22)11-13-8-14-4-2-3-5-15(14)9-13/h2-5,12-13,16H,6-11H2,1H3,(H,19,20). The fourth-order valence-corrected chi connectivity index (χ4v) is 5.91. The Labute approximate surface area is 137 Å². The van der Waals surface area contributed by atoms with E-state index in [1.54, 1.807) is 0 Å². The summed E-state index contributed by atoms with van der Waals surface area (Å²) in [7, 11) is -3.43. The number of carboxylic acid groups (broad SMARTS) is 1. The Balaban J connectivity index is 1.70. The molecule has 1 N–H and O–H groups in total. The largest absolute Gasteiger partial charge is 0.481 e. The summed E-state index contributed by atoms with van der Waals surface area (Å²) in [4.78, 5) is 11.2. The molecule has 0 bridgehead atoms. The number of aliphatic carboxylic acids is 1. The maximum atomic E-state index is 12.8. The van der Waals surface area contributed by atoms with E-state index in [-0.39, 0.29) is 24.3 Å². The third-order valence-corrected chi connectivity index (χ3v) is 7.23. The van der Waals surface area contributed by atoms with E-state index >= 15 is 0 Å². The highest BCUT2D eigenvalue weighted by Gasteiger charge is 2.38. The summed E-state index contributed by atoms with van der Waals surface area (Å²) in [6, 6.07) is 7.98.